The summed E-state index contributed by atoms with van der Waals surface area (Å²) in [6.07, 6.45) is 1.86. The molecule has 1 fully saturated rings. The minimum Gasteiger partial charge on any atom is -0.371 e. The van der Waals surface area contributed by atoms with Gasteiger partial charge in [0, 0.05) is 38.7 Å². The minimum atomic E-state index is -0.447. The van der Waals surface area contributed by atoms with Crippen LogP contribution in [-0.2, 0) is 9.47 Å². The second kappa shape index (κ2) is 6.25. The van der Waals surface area contributed by atoms with E-state index in [0.717, 1.165) is 31.6 Å². The largest absolute Gasteiger partial charge is 0.371 e. The fourth-order valence-corrected chi connectivity index (χ4v) is 2.65. The van der Waals surface area contributed by atoms with Crippen molar-refractivity contribution in [3.8, 4) is 6.07 Å². The van der Waals surface area contributed by atoms with Gasteiger partial charge < -0.3 is 14.4 Å². The molecule has 0 radical (unpaired) electrons. The average molecular weight is 274 g/mol. The molecular weight excluding hydrogens is 252 g/mol. The van der Waals surface area contributed by atoms with Gasteiger partial charge in [-0.05, 0) is 38.1 Å². The van der Waals surface area contributed by atoms with Crippen molar-refractivity contribution in [2.45, 2.75) is 38.6 Å². The third-order valence-electron chi connectivity index (χ3n) is 3.71. The molecule has 4 heteroatoms. The van der Waals surface area contributed by atoms with E-state index < -0.39 is 5.79 Å². The van der Waals surface area contributed by atoms with Gasteiger partial charge in [0.2, 0.25) is 0 Å². The number of hydrogen-bond acceptors (Lipinski definition) is 4. The number of benzene rings is 1. The number of ether oxygens (including phenoxy) is 2. The van der Waals surface area contributed by atoms with Crippen LogP contribution in [0.4, 0.5) is 5.69 Å². The summed E-state index contributed by atoms with van der Waals surface area (Å²) in [6.45, 7) is 5.86. The third kappa shape index (κ3) is 3.30. The molecule has 0 aromatic heterocycles. The van der Waals surface area contributed by atoms with Gasteiger partial charge in [-0.1, -0.05) is 0 Å². The summed E-state index contributed by atoms with van der Waals surface area (Å²) in [5, 5.41) is 8.83. The summed E-state index contributed by atoms with van der Waals surface area (Å²) in [5.41, 5.74) is 1.85. The van der Waals surface area contributed by atoms with Gasteiger partial charge in [0.1, 0.15) is 0 Å². The molecule has 0 spiro atoms. The van der Waals surface area contributed by atoms with Gasteiger partial charge in [-0.3, -0.25) is 0 Å². The van der Waals surface area contributed by atoms with Crippen LogP contribution in [0.5, 0.6) is 0 Å². The molecule has 1 saturated heterocycles. The van der Waals surface area contributed by atoms with E-state index in [9.17, 15) is 0 Å². The molecule has 20 heavy (non-hydrogen) atoms. The summed E-state index contributed by atoms with van der Waals surface area (Å²) >= 11 is 0. The topological polar surface area (TPSA) is 45.5 Å². The van der Waals surface area contributed by atoms with E-state index in [1.54, 1.807) is 7.11 Å². The van der Waals surface area contributed by atoms with E-state index in [4.69, 9.17) is 14.7 Å². The van der Waals surface area contributed by atoms with Crippen molar-refractivity contribution in [1.29, 1.82) is 5.26 Å². The van der Waals surface area contributed by atoms with Crippen LogP contribution in [0.3, 0.4) is 0 Å². The smallest absolute Gasteiger partial charge is 0.171 e. The number of rotatable bonds is 4. The SMILES string of the molecule is COC1(OC(C)C)CCN(c2ccc(C#N)cc2)CC1. The molecule has 1 aromatic rings. The van der Waals surface area contributed by atoms with Gasteiger partial charge in [-0.15, -0.1) is 0 Å². The first kappa shape index (κ1) is 14.8. The highest BCUT2D eigenvalue weighted by Crippen LogP contribution is 2.31. The Hall–Kier alpha value is -1.57. The summed E-state index contributed by atoms with van der Waals surface area (Å²) in [6, 6.07) is 9.86. The standard InChI is InChI=1S/C16H22N2O2/c1-13(2)20-16(19-3)8-10-18(11-9-16)15-6-4-14(12-17)5-7-15/h4-7,13H,8-11H2,1-3H3. The molecule has 1 heterocycles. The summed E-state index contributed by atoms with van der Waals surface area (Å²) < 4.78 is 11.6. The monoisotopic (exact) mass is 274 g/mol. The molecule has 0 aliphatic carbocycles. The van der Waals surface area contributed by atoms with Gasteiger partial charge in [-0.2, -0.15) is 5.26 Å². The predicted molar refractivity (Wildman–Crippen MR) is 78.6 cm³/mol. The quantitative estimate of drug-likeness (QED) is 0.792. The van der Waals surface area contributed by atoms with Crippen molar-refractivity contribution >= 4 is 5.69 Å². The molecule has 108 valence electrons. The molecule has 0 saturated carbocycles. The lowest BCUT2D eigenvalue weighted by molar-refractivity contribution is -0.249. The van der Waals surface area contributed by atoms with Crippen LogP contribution in [-0.4, -0.2) is 32.1 Å². The van der Waals surface area contributed by atoms with Crippen LogP contribution in [0, 0.1) is 11.3 Å². The van der Waals surface area contributed by atoms with E-state index >= 15 is 0 Å². The molecule has 1 aliphatic heterocycles. The first-order valence-electron chi connectivity index (χ1n) is 7.07. The fraction of sp³-hybridized carbons (Fsp3) is 0.562. The zero-order chi connectivity index (χ0) is 14.6. The summed E-state index contributed by atoms with van der Waals surface area (Å²) in [5.74, 6) is -0.447. The van der Waals surface area contributed by atoms with Crippen LogP contribution >= 0.6 is 0 Å². The van der Waals surface area contributed by atoms with Crippen LogP contribution < -0.4 is 4.90 Å². The molecule has 4 nitrogen and oxygen atoms in total. The zero-order valence-corrected chi connectivity index (χ0v) is 12.4. The molecule has 0 atom stereocenters. The van der Waals surface area contributed by atoms with Crippen molar-refractivity contribution in [2.24, 2.45) is 0 Å². The number of methoxy groups -OCH3 is 1. The second-order valence-corrected chi connectivity index (χ2v) is 5.43. The minimum absolute atomic E-state index is 0.163. The lowest BCUT2D eigenvalue weighted by atomic mass is 10.0. The second-order valence-electron chi connectivity index (χ2n) is 5.43. The molecule has 1 aliphatic rings. The van der Waals surface area contributed by atoms with Gasteiger partial charge in [0.15, 0.2) is 5.79 Å². The summed E-state index contributed by atoms with van der Waals surface area (Å²) in [4.78, 5) is 2.31. The molecule has 0 bridgehead atoms. The lowest BCUT2D eigenvalue weighted by Crippen LogP contribution is -2.48. The van der Waals surface area contributed by atoms with Crippen molar-refractivity contribution in [3.05, 3.63) is 29.8 Å². The number of nitriles is 1. The average Bonchev–Trinajstić information content (AvgIpc) is 2.47. The number of hydrogen-bond donors (Lipinski definition) is 0. The number of anilines is 1. The fourth-order valence-electron chi connectivity index (χ4n) is 2.65. The number of nitrogens with zero attached hydrogens (tertiary/aromatic N) is 2. The third-order valence-corrected chi connectivity index (χ3v) is 3.71. The Labute approximate surface area is 120 Å². The highest BCUT2D eigenvalue weighted by Gasteiger charge is 2.36. The van der Waals surface area contributed by atoms with E-state index in [1.165, 1.54) is 0 Å². The number of piperidine rings is 1. The Bertz CT molecular complexity index is 468. The Kier molecular flexibility index (Phi) is 4.64. The molecular formula is C16H22N2O2. The first-order valence-corrected chi connectivity index (χ1v) is 7.07. The van der Waals surface area contributed by atoms with E-state index in [0.29, 0.717) is 5.56 Å². The normalized spacial score (nSPS) is 18.1. The van der Waals surface area contributed by atoms with Crippen molar-refractivity contribution < 1.29 is 9.47 Å². The van der Waals surface area contributed by atoms with Crippen molar-refractivity contribution in [3.63, 3.8) is 0 Å². The Balaban J connectivity index is 2.01. The Morgan fingerprint density at radius 1 is 1.20 bits per heavy atom. The maximum absolute atomic E-state index is 8.83. The van der Waals surface area contributed by atoms with Crippen molar-refractivity contribution in [1.82, 2.24) is 0 Å². The van der Waals surface area contributed by atoms with Crippen LogP contribution in [0.2, 0.25) is 0 Å². The van der Waals surface area contributed by atoms with Gasteiger partial charge >= 0.3 is 0 Å². The first-order chi connectivity index (χ1) is 9.58. The van der Waals surface area contributed by atoms with Crippen LogP contribution in [0.15, 0.2) is 24.3 Å². The van der Waals surface area contributed by atoms with E-state index in [-0.39, 0.29) is 6.10 Å². The summed E-state index contributed by atoms with van der Waals surface area (Å²) in [7, 11) is 1.72. The molecule has 0 amide bonds. The van der Waals surface area contributed by atoms with Gasteiger partial charge in [-0.25, -0.2) is 0 Å². The molecule has 0 N–H and O–H groups in total. The molecule has 2 rings (SSSR count). The van der Waals surface area contributed by atoms with E-state index in [1.807, 2.05) is 38.1 Å². The lowest BCUT2D eigenvalue weighted by Gasteiger charge is -2.42. The van der Waals surface area contributed by atoms with Gasteiger partial charge in [0.05, 0.1) is 17.7 Å². The van der Waals surface area contributed by atoms with Gasteiger partial charge in [0.25, 0.3) is 0 Å². The Morgan fingerprint density at radius 3 is 2.25 bits per heavy atom. The highest BCUT2D eigenvalue weighted by molar-refractivity contribution is 5.50. The Morgan fingerprint density at radius 2 is 1.80 bits per heavy atom. The van der Waals surface area contributed by atoms with Crippen LogP contribution in [0.25, 0.3) is 0 Å². The molecule has 0 unspecified atom stereocenters. The maximum Gasteiger partial charge on any atom is 0.171 e. The molecule has 1 aromatic carbocycles. The maximum atomic E-state index is 8.83. The van der Waals surface area contributed by atoms with Crippen molar-refractivity contribution in [2.75, 3.05) is 25.1 Å². The predicted octanol–water partition coefficient (Wildman–Crippen LogP) is 2.93. The van der Waals surface area contributed by atoms with Crippen LogP contribution in [0.1, 0.15) is 32.3 Å². The highest BCUT2D eigenvalue weighted by atomic mass is 16.7. The van der Waals surface area contributed by atoms with E-state index in [2.05, 4.69) is 11.0 Å². The zero-order valence-electron chi connectivity index (χ0n) is 12.4.